The highest BCUT2D eigenvalue weighted by atomic mass is 35.5. The highest BCUT2D eigenvalue weighted by Gasteiger charge is 2.48. The Labute approximate surface area is 198 Å². The summed E-state index contributed by atoms with van der Waals surface area (Å²) in [5.41, 5.74) is 2.49. The number of benzene rings is 1. The molecule has 9 heteroatoms. The van der Waals surface area contributed by atoms with Crippen molar-refractivity contribution in [2.45, 2.75) is 44.4 Å². The van der Waals surface area contributed by atoms with Crippen molar-refractivity contribution in [1.29, 1.82) is 0 Å². The summed E-state index contributed by atoms with van der Waals surface area (Å²) in [6.07, 6.45) is 6.67. The van der Waals surface area contributed by atoms with Crippen LogP contribution >= 0.6 is 11.6 Å². The van der Waals surface area contributed by atoms with Gasteiger partial charge in [-0.25, -0.2) is 4.68 Å². The van der Waals surface area contributed by atoms with Gasteiger partial charge >= 0.3 is 0 Å². The van der Waals surface area contributed by atoms with E-state index in [9.17, 15) is 5.11 Å². The van der Waals surface area contributed by atoms with Crippen LogP contribution in [0.1, 0.15) is 33.2 Å². The molecule has 2 aliphatic heterocycles. The largest absolute Gasteiger partial charge is 0.390 e. The molecule has 0 radical (unpaired) electrons. The Balaban J connectivity index is 1.25. The summed E-state index contributed by atoms with van der Waals surface area (Å²) < 4.78 is 9.35. The van der Waals surface area contributed by atoms with Crippen molar-refractivity contribution in [1.82, 2.24) is 24.5 Å². The number of halogens is 1. The molecule has 0 amide bonds. The smallest absolute Gasteiger partial charge is 0.103 e. The van der Waals surface area contributed by atoms with Crippen LogP contribution in [0, 0.1) is 5.92 Å². The molecular weight excluding hydrogens is 440 g/mol. The first-order valence-corrected chi connectivity index (χ1v) is 12.1. The van der Waals surface area contributed by atoms with E-state index in [0.29, 0.717) is 0 Å². The van der Waals surface area contributed by atoms with Crippen molar-refractivity contribution in [3.8, 4) is 5.69 Å². The third-order valence-electron chi connectivity index (χ3n) is 7.68. The van der Waals surface area contributed by atoms with Crippen LogP contribution in [0.15, 0.2) is 30.7 Å². The second kappa shape index (κ2) is 7.43. The van der Waals surface area contributed by atoms with Gasteiger partial charge in [0.1, 0.15) is 5.69 Å². The maximum atomic E-state index is 10.3. The molecule has 1 aromatic carbocycles. The second-order valence-electron chi connectivity index (χ2n) is 10.6. The van der Waals surface area contributed by atoms with Crippen LogP contribution in [0.25, 0.3) is 16.6 Å². The van der Waals surface area contributed by atoms with Gasteiger partial charge in [0, 0.05) is 37.5 Å². The number of nitrogens with zero attached hydrogens (tertiary/aromatic N) is 6. The molecule has 2 atom stereocenters. The van der Waals surface area contributed by atoms with Crippen molar-refractivity contribution < 1.29 is 9.84 Å². The first kappa shape index (κ1) is 21.4. The molecule has 3 aliphatic rings. The maximum absolute atomic E-state index is 10.3. The van der Waals surface area contributed by atoms with Crippen molar-refractivity contribution in [3.05, 3.63) is 35.7 Å². The Bertz CT molecular complexity index is 1190. The van der Waals surface area contributed by atoms with E-state index in [1.807, 2.05) is 47.9 Å². The molecule has 0 spiro atoms. The summed E-state index contributed by atoms with van der Waals surface area (Å²) >= 11 is 6.72. The zero-order valence-electron chi connectivity index (χ0n) is 19.4. The molecule has 8 nitrogen and oxygen atoms in total. The third kappa shape index (κ3) is 3.64. The Morgan fingerprint density at radius 2 is 1.88 bits per heavy atom. The Kier molecular flexibility index (Phi) is 4.82. The standard InChI is InChI=1S/C24H31ClN6O2/c1-23(2,32)18-9-21(18)30-13-17(12-26-30)31-20-10-22(19(25)8-16(20)11-27-31)28-4-6-29(7-5-28)24(3)14-33-15-24/h8,10-13,18,21,32H,4-7,9,14-15H2,1-3H3. The first-order valence-electron chi connectivity index (χ1n) is 11.7. The molecule has 4 heterocycles. The lowest BCUT2D eigenvalue weighted by atomic mass is 9.97. The van der Waals surface area contributed by atoms with Gasteiger partial charge in [-0.2, -0.15) is 10.2 Å². The van der Waals surface area contributed by atoms with E-state index in [1.54, 1.807) is 0 Å². The van der Waals surface area contributed by atoms with Gasteiger partial charge in [0.05, 0.1) is 65.2 Å². The number of hydrogen-bond acceptors (Lipinski definition) is 6. The minimum atomic E-state index is -0.687. The summed E-state index contributed by atoms with van der Waals surface area (Å²) in [6.45, 7) is 11.6. The Morgan fingerprint density at radius 1 is 1.12 bits per heavy atom. The van der Waals surface area contributed by atoms with Crippen LogP contribution in [0.4, 0.5) is 5.69 Å². The van der Waals surface area contributed by atoms with E-state index < -0.39 is 5.60 Å². The first-order chi connectivity index (χ1) is 15.7. The average molecular weight is 471 g/mol. The zero-order valence-corrected chi connectivity index (χ0v) is 20.2. The van der Waals surface area contributed by atoms with Crippen LogP contribution in [-0.2, 0) is 4.74 Å². The summed E-state index contributed by atoms with van der Waals surface area (Å²) in [5, 5.41) is 21.3. The molecule has 1 N–H and O–H groups in total. The van der Waals surface area contributed by atoms with Crippen molar-refractivity contribution in [2.75, 3.05) is 44.3 Å². The molecule has 6 rings (SSSR count). The third-order valence-corrected chi connectivity index (χ3v) is 7.99. The highest BCUT2D eigenvalue weighted by Crippen LogP contribution is 2.49. The van der Waals surface area contributed by atoms with Crippen LogP contribution in [0.2, 0.25) is 5.02 Å². The van der Waals surface area contributed by atoms with Crippen LogP contribution in [0.3, 0.4) is 0 Å². The molecule has 1 saturated carbocycles. The van der Waals surface area contributed by atoms with Crippen molar-refractivity contribution in [2.24, 2.45) is 5.92 Å². The van der Waals surface area contributed by atoms with Gasteiger partial charge in [-0.1, -0.05) is 11.6 Å². The summed E-state index contributed by atoms with van der Waals surface area (Å²) in [5.74, 6) is 0.234. The number of fused-ring (bicyclic) bond motifs is 1. The number of rotatable bonds is 5. The van der Waals surface area contributed by atoms with Gasteiger partial charge in [-0.05, 0) is 39.3 Å². The normalized spacial score (nSPS) is 25.4. The van der Waals surface area contributed by atoms with Gasteiger partial charge in [-0.3, -0.25) is 9.58 Å². The molecule has 3 aromatic rings. The maximum Gasteiger partial charge on any atom is 0.103 e. The molecule has 2 saturated heterocycles. The minimum absolute atomic E-state index is 0.185. The van der Waals surface area contributed by atoms with Gasteiger partial charge in [0.25, 0.3) is 0 Å². The fraction of sp³-hybridized carbons (Fsp3) is 0.583. The van der Waals surface area contributed by atoms with Gasteiger partial charge < -0.3 is 14.7 Å². The Morgan fingerprint density at radius 3 is 2.52 bits per heavy atom. The topological polar surface area (TPSA) is 71.6 Å². The number of hydrogen-bond donors (Lipinski definition) is 1. The number of piperazine rings is 1. The second-order valence-corrected chi connectivity index (χ2v) is 11.0. The molecule has 33 heavy (non-hydrogen) atoms. The summed E-state index contributed by atoms with van der Waals surface area (Å²) in [7, 11) is 0. The van der Waals surface area contributed by atoms with E-state index in [1.165, 1.54) is 0 Å². The highest BCUT2D eigenvalue weighted by molar-refractivity contribution is 6.34. The average Bonchev–Trinajstić information content (AvgIpc) is 3.27. The summed E-state index contributed by atoms with van der Waals surface area (Å²) in [6, 6.07) is 4.41. The monoisotopic (exact) mass is 470 g/mol. The molecule has 0 bridgehead atoms. The quantitative estimate of drug-likeness (QED) is 0.617. The van der Waals surface area contributed by atoms with E-state index >= 15 is 0 Å². The number of aromatic nitrogens is 4. The fourth-order valence-corrected chi connectivity index (χ4v) is 5.69. The lowest BCUT2D eigenvalue weighted by molar-refractivity contribution is -0.131. The molecule has 2 aromatic heterocycles. The predicted molar refractivity (Wildman–Crippen MR) is 128 cm³/mol. The molecule has 176 valence electrons. The van der Waals surface area contributed by atoms with Gasteiger partial charge in [0.15, 0.2) is 0 Å². The minimum Gasteiger partial charge on any atom is -0.390 e. The zero-order chi connectivity index (χ0) is 23.0. The van der Waals surface area contributed by atoms with Crippen LogP contribution in [-0.4, -0.2) is 80.1 Å². The molecule has 2 unspecified atom stereocenters. The SMILES string of the molecule is CC(C)(O)C1CC1n1cc(-n2ncc3cc(Cl)c(N4CCN(C5(C)COC5)CC4)cc32)cn1. The van der Waals surface area contributed by atoms with Crippen molar-refractivity contribution >= 4 is 28.2 Å². The van der Waals surface area contributed by atoms with E-state index in [-0.39, 0.29) is 17.5 Å². The Hall–Kier alpha value is -2.13. The summed E-state index contributed by atoms with van der Waals surface area (Å²) in [4.78, 5) is 4.91. The van der Waals surface area contributed by atoms with E-state index in [2.05, 4.69) is 33.0 Å². The van der Waals surface area contributed by atoms with Crippen LogP contribution < -0.4 is 4.90 Å². The van der Waals surface area contributed by atoms with Crippen molar-refractivity contribution in [3.63, 3.8) is 0 Å². The number of anilines is 1. The lowest BCUT2D eigenvalue weighted by Gasteiger charge is -2.50. The predicted octanol–water partition coefficient (Wildman–Crippen LogP) is 3.12. The number of ether oxygens (including phenoxy) is 1. The van der Waals surface area contributed by atoms with E-state index in [4.69, 9.17) is 16.3 Å². The number of aliphatic hydroxyl groups is 1. The van der Waals surface area contributed by atoms with Gasteiger partial charge in [0.2, 0.25) is 0 Å². The molecule has 3 fully saturated rings. The van der Waals surface area contributed by atoms with E-state index in [0.717, 1.165) is 73.1 Å². The van der Waals surface area contributed by atoms with Gasteiger partial charge in [-0.15, -0.1) is 0 Å². The van der Waals surface area contributed by atoms with Crippen LogP contribution in [0.5, 0.6) is 0 Å². The lowest BCUT2D eigenvalue weighted by Crippen LogP contribution is -2.64. The molecule has 1 aliphatic carbocycles. The fourth-order valence-electron chi connectivity index (χ4n) is 5.40. The molecular formula is C24H31ClN6O2.